The Kier molecular flexibility index (Phi) is 6.29. The highest BCUT2D eigenvalue weighted by Crippen LogP contribution is 2.23. The van der Waals surface area contributed by atoms with E-state index in [1.54, 1.807) is 0 Å². The van der Waals surface area contributed by atoms with Crippen LogP contribution in [0.3, 0.4) is 0 Å². The average Bonchev–Trinajstić information content (AvgIpc) is 3.00. The minimum atomic E-state index is -0.0892. The van der Waals surface area contributed by atoms with Crippen LogP contribution in [-0.2, 0) is 16.0 Å². The molecule has 5 nitrogen and oxygen atoms in total. The maximum absolute atomic E-state index is 11.9. The Morgan fingerprint density at radius 2 is 1.83 bits per heavy atom. The van der Waals surface area contributed by atoms with Gasteiger partial charge < -0.3 is 10.6 Å². The zero-order valence-electron chi connectivity index (χ0n) is 13.3. The van der Waals surface area contributed by atoms with E-state index >= 15 is 0 Å². The second kappa shape index (κ2) is 8.43. The number of benzene rings is 1. The molecule has 0 aliphatic heterocycles. The Bertz CT molecular complexity index is 653. The molecule has 0 aliphatic carbocycles. The molecule has 0 saturated heterocycles. The van der Waals surface area contributed by atoms with Crippen LogP contribution < -0.4 is 10.6 Å². The van der Waals surface area contributed by atoms with E-state index in [0.717, 1.165) is 16.3 Å². The molecule has 2 aromatic rings. The Hall–Kier alpha value is -2.21. The van der Waals surface area contributed by atoms with E-state index in [9.17, 15) is 9.59 Å². The largest absolute Gasteiger partial charge is 0.354 e. The van der Waals surface area contributed by atoms with Crippen molar-refractivity contribution < 1.29 is 9.59 Å². The summed E-state index contributed by atoms with van der Waals surface area (Å²) in [4.78, 5) is 27.7. The standard InChI is InChI=1S/C17H21N3O2S/c1-12(2)16(22)19-9-8-18-15(21)10-14-11-23-17(20-14)13-6-4-3-5-7-13/h3-7,11-12H,8-10H2,1-2H3,(H,18,21)(H,19,22). The van der Waals surface area contributed by atoms with Gasteiger partial charge in [-0.1, -0.05) is 44.2 Å². The lowest BCUT2D eigenvalue weighted by Crippen LogP contribution is -2.36. The highest BCUT2D eigenvalue weighted by atomic mass is 32.1. The van der Waals surface area contributed by atoms with Crippen molar-refractivity contribution in [3.05, 3.63) is 41.4 Å². The summed E-state index contributed by atoms with van der Waals surface area (Å²) in [6.07, 6.45) is 0.251. The summed E-state index contributed by atoms with van der Waals surface area (Å²) < 4.78 is 0. The summed E-state index contributed by atoms with van der Waals surface area (Å²) in [5.41, 5.74) is 1.82. The third-order valence-electron chi connectivity index (χ3n) is 3.18. The Labute approximate surface area is 140 Å². The number of carbonyl (C=O) groups excluding carboxylic acids is 2. The van der Waals surface area contributed by atoms with Crippen LogP contribution in [0.1, 0.15) is 19.5 Å². The molecular weight excluding hydrogens is 310 g/mol. The molecule has 0 saturated carbocycles. The molecule has 0 unspecified atom stereocenters. The molecule has 0 aliphatic rings. The van der Waals surface area contributed by atoms with Crippen molar-refractivity contribution in [3.63, 3.8) is 0 Å². The zero-order valence-corrected chi connectivity index (χ0v) is 14.2. The zero-order chi connectivity index (χ0) is 16.7. The number of carbonyl (C=O) groups is 2. The highest BCUT2D eigenvalue weighted by Gasteiger charge is 2.09. The van der Waals surface area contributed by atoms with Gasteiger partial charge in [-0.15, -0.1) is 11.3 Å². The number of aromatic nitrogens is 1. The molecule has 0 fully saturated rings. The van der Waals surface area contributed by atoms with E-state index in [2.05, 4.69) is 15.6 Å². The lowest BCUT2D eigenvalue weighted by molar-refractivity contribution is -0.124. The first-order valence-electron chi connectivity index (χ1n) is 7.60. The molecule has 1 aromatic carbocycles. The molecule has 2 amide bonds. The fourth-order valence-electron chi connectivity index (χ4n) is 1.92. The Balaban J connectivity index is 1.76. The molecule has 23 heavy (non-hydrogen) atoms. The lowest BCUT2D eigenvalue weighted by atomic mass is 10.2. The summed E-state index contributed by atoms with van der Waals surface area (Å²) in [6.45, 7) is 4.53. The van der Waals surface area contributed by atoms with Gasteiger partial charge in [0, 0.05) is 30.0 Å². The van der Waals surface area contributed by atoms with Crippen LogP contribution in [0.5, 0.6) is 0 Å². The smallest absolute Gasteiger partial charge is 0.226 e. The highest BCUT2D eigenvalue weighted by molar-refractivity contribution is 7.13. The van der Waals surface area contributed by atoms with Crippen molar-refractivity contribution in [3.8, 4) is 10.6 Å². The van der Waals surface area contributed by atoms with Crippen LogP contribution in [-0.4, -0.2) is 29.9 Å². The first-order valence-corrected chi connectivity index (χ1v) is 8.48. The molecule has 6 heteroatoms. The molecule has 1 heterocycles. The van der Waals surface area contributed by atoms with Gasteiger partial charge in [-0.2, -0.15) is 0 Å². The minimum Gasteiger partial charge on any atom is -0.354 e. The van der Waals surface area contributed by atoms with E-state index in [-0.39, 0.29) is 24.2 Å². The van der Waals surface area contributed by atoms with Gasteiger partial charge in [0.05, 0.1) is 12.1 Å². The molecule has 2 N–H and O–H groups in total. The van der Waals surface area contributed by atoms with Gasteiger partial charge in [0.2, 0.25) is 11.8 Å². The van der Waals surface area contributed by atoms with Gasteiger partial charge in [0.1, 0.15) is 5.01 Å². The van der Waals surface area contributed by atoms with Crippen LogP contribution >= 0.6 is 11.3 Å². The summed E-state index contributed by atoms with van der Waals surface area (Å²) in [7, 11) is 0. The molecule has 2 rings (SSSR count). The van der Waals surface area contributed by atoms with Gasteiger partial charge in [-0.05, 0) is 0 Å². The molecular formula is C17H21N3O2S. The van der Waals surface area contributed by atoms with Gasteiger partial charge in [-0.25, -0.2) is 4.98 Å². The third-order valence-corrected chi connectivity index (χ3v) is 4.13. The van der Waals surface area contributed by atoms with Crippen molar-refractivity contribution in [1.29, 1.82) is 0 Å². The lowest BCUT2D eigenvalue weighted by Gasteiger charge is -2.08. The van der Waals surface area contributed by atoms with Gasteiger partial charge in [0.15, 0.2) is 0 Å². The molecule has 0 bridgehead atoms. The number of rotatable bonds is 7. The van der Waals surface area contributed by atoms with Crippen molar-refractivity contribution in [2.24, 2.45) is 5.92 Å². The molecule has 122 valence electrons. The predicted molar refractivity (Wildman–Crippen MR) is 92.1 cm³/mol. The molecule has 0 radical (unpaired) electrons. The van der Waals surface area contributed by atoms with Crippen molar-refractivity contribution in [2.45, 2.75) is 20.3 Å². The number of nitrogens with one attached hydrogen (secondary N) is 2. The monoisotopic (exact) mass is 331 g/mol. The SMILES string of the molecule is CC(C)C(=O)NCCNC(=O)Cc1csc(-c2ccccc2)n1. The second-order valence-corrected chi connectivity index (χ2v) is 6.34. The number of thiazole rings is 1. The predicted octanol–water partition coefficient (Wildman–Crippen LogP) is 2.24. The van der Waals surface area contributed by atoms with Gasteiger partial charge in [-0.3, -0.25) is 9.59 Å². The van der Waals surface area contributed by atoms with Crippen LogP contribution in [0.15, 0.2) is 35.7 Å². The summed E-state index contributed by atoms with van der Waals surface area (Å²) in [5, 5.41) is 8.36. The molecule has 0 atom stereocenters. The number of hydrogen-bond donors (Lipinski definition) is 2. The number of hydrogen-bond acceptors (Lipinski definition) is 4. The van der Waals surface area contributed by atoms with Crippen LogP contribution in [0.25, 0.3) is 10.6 Å². The van der Waals surface area contributed by atoms with E-state index in [4.69, 9.17) is 0 Å². The number of amides is 2. The van der Waals surface area contributed by atoms with Crippen molar-refractivity contribution in [2.75, 3.05) is 13.1 Å². The quantitative estimate of drug-likeness (QED) is 0.764. The van der Waals surface area contributed by atoms with Crippen molar-refractivity contribution in [1.82, 2.24) is 15.6 Å². The Morgan fingerprint density at radius 1 is 1.13 bits per heavy atom. The summed E-state index contributed by atoms with van der Waals surface area (Å²) >= 11 is 1.53. The molecule has 1 aromatic heterocycles. The van der Waals surface area contributed by atoms with Gasteiger partial charge >= 0.3 is 0 Å². The normalized spacial score (nSPS) is 10.6. The van der Waals surface area contributed by atoms with Crippen molar-refractivity contribution >= 4 is 23.2 Å². The summed E-state index contributed by atoms with van der Waals surface area (Å²) in [6, 6.07) is 9.90. The number of nitrogens with zero attached hydrogens (tertiary/aromatic N) is 1. The fraction of sp³-hybridized carbons (Fsp3) is 0.353. The van der Waals surface area contributed by atoms with E-state index in [1.807, 2.05) is 49.6 Å². The maximum atomic E-state index is 11.9. The van der Waals surface area contributed by atoms with E-state index in [0.29, 0.717) is 13.1 Å². The fourth-order valence-corrected chi connectivity index (χ4v) is 2.75. The first kappa shape index (κ1) is 17.1. The molecule has 0 spiro atoms. The van der Waals surface area contributed by atoms with Crippen LogP contribution in [0.4, 0.5) is 0 Å². The first-order chi connectivity index (χ1) is 11.1. The third kappa shape index (κ3) is 5.49. The topological polar surface area (TPSA) is 71.1 Å². The summed E-state index contributed by atoms with van der Waals surface area (Å²) in [5.74, 6) is -0.142. The van der Waals surface area contributed by atoms with E-state index in [1.165, 1.54) is 11.3 Å². The van der Waals surface area contributed by atoms with Crippen LogP contribution in [0.2, 0.25) is 0 Å². The van der Waals surface area contributed by atoms with E-state index < -0.39 is 0 Å². The second-order valence-electron chi connectivity index (χ2n) is 5.48. The minimum absolute atomic E-state index is 0.00810. The Morgan fingerprint density at radius 3 is 2.52 bits per heavy atom. The van der Waals surface area contributed by atoms with Gasteiger partial charge in [0.25, 0.3) is 0 Å². The maximum Gasteiger partial charge on any atom is 0.226 e. The van der Waals surface area contributed by atoms with Crippen LogP contribution in [0, 0.1) is 5.92 Å². The average molecular weight is 331 g/mol.